The molecule has 30 heavy (non-hydrogen) atoms. The van der Waals surface area contributed by atoms with Crippen molar-refractivity contribution in [3.8, 4) is 0 Å². The fraction of sp³-hybridized carbons (Fsp3) is 0.190. The van der Waals surface area contributed by atoms with Gasteiger partial charge in [0, 0.05) is 12.6 Å². The Hall–Kier alpha value is -3.46. The van der Waals surface area contributed by atoms with Gasteiger partial charge in [0.25, 0.3) is 11.5 Å². The number of aryl methyl sites for hydroxylation is 1. The summed E-state index contributed by atoms with van der Waals surface area (Å²) in [4.78, 5) is 31.8. The molecule has 4 rings (SSSR count). The van der Waals surface area contributed by atoms with E-state index in [2.05, 4.69) is 25.5 Å². The van der Waals surface area contributed by atoms with Crippen molar-refractivity contribution >= 4 is 28.6 Å². The van der Waals surface area contributed by atoms with Crippen LogP contribution in [-0.4, -0.2) is 30.6 Å². The number of hydrogen-bond acceptors (Lipinski definition) is 6. The van der Waals surface area contributed by atoms with Crippen LogP contribution in [0.5, 0.6) is 0 Å². The normalized spacial score (nSPS) is 11.0. The first-order chi connectivity index (χ1) is 14.5. The summed E-state index contributed by atoms with van der Waals surface area (Å²) >= 11 is 1.41. The van der Waals surface area contributed by atoms with E-state index in [1.54, 1.807) is 12.1 Å². The third kappa shape index (κ3) is 4.25. The standard InChI is InChI=1S/C21H20N6O2S/c1-13-6-5-7-14(10-13)19(28)22-11-18-25-26-21(27(18)2)30-12-17-23-16-9-4-3-8-15(16)20(29)24-17/h3-10H,11-12H2,1-2H3,(H,22,28)(H,23,24,29). The highest BCUT2D eigenvalue weighted by atomic mass is 32.2. The number of fused-ring (bicyclic) bond motifs is 1. The Balaban J connectivity index is 1.41. The molecule has 2 N–H and O–H groups in total. The van der Waals surface area contributed by atoms with Crippen LogP contribution in [0, 0.1) is 6.92 Å². The highest BCUT2D eigenvalue weighted by Crippen LogP contribution is 2.20. The number of hydrogen-bond donors (Lipinski definition) is 2. The molecule has 0 bridgehead atoms. The van der Waals surface area contributed by atoms with E-state index in [0.717, 1.165) is 5.56 Å². The monoisotopic (exact) mass is 420 g/mol. The van der Waals surface area contributed by atoms with Gasteiger partial charge in [-0.3, -0.25) is 9.59 Å². The Labute approximate surface area is 176 Å². The molecule has 2 aromatic carbocycles. The molecule has 4 aromatic rings. The first kappa shape index (κ1) is 19.8. The van der Waals surface area contributed by atoms with Crippen LogP contribution in [0.2, 0.25) is 0 Å². The predicted molar refractivity (Wildman–Crippen MR) is 115 cm³/mol. The molecular weight excluding hydrogens is 400 g/mol. The number of para-hydroxylation sites is 1. The number of nitrogens with zero attached hydrogens (tertiary/aromatic N) is 4. The average molecular weight is 420 g/mol. The van der Waals surface area contributed by atoms with Crippen molar-refractivity contribution in [1.82, 2.24) is 30.0 Å². The number of thioether (sulfide) groups is 1. The molecule has 9 heteroatoms. The van der Waals surface area contributed by atoms with Crippen molar-refractivity contribution in [2.24, 2.45) is 7.05 Å². The van der Waals surface area contributed by atoms with Gasteiger partial charge in [0.05, 0.1) is 23.2 Å². The Bertz CT molecular complexity index is 1280. The zero-order valence-corrected chi connectivity index (χ0v) is 17.4. The van der Waals surface area contributed by atoms with Crippen molar-refractivity contribution in [2.45, 2.75) is 24.4 Å². The van der Waals surface area contributed by atoms with Gasteiger partial charge in [0.1, 0.15) is 5.82 Å². The maximum atomic E-state index is 12.3. The van der Waals surface area contributed by atoms with Gasteiger partial charge in [-0.25, -0.2) is 4.98 Å². The summed E-state index contributed by atoms with van der Waals surface area (Å²) in [6.07, 6.45) is 0. The van der Waals surface area contributed by atoms with E-state index < -0.39 is 0 Å². The first-order valence-electron chi connectivity index (χ1n) is 9.35. The second-order valence-corrected chi connectivity index (χ2v) is 7.77. The molecule has 0 unspecified atom stereocenters. The Kier molecular flexibility index (Phi) is 5.62. The lowest BCUT2D eigenvalue weighted by Crippen LogP contribution is -2.24. The average Bonchev–Trinajstić information content (AvgIpc) is 3.10. The lowest BCUT2D eigenvalue weighted by molar-refractivity contribution is 0.0949. The number of carbonyl (C=O) groups is 1. The van der Waals surface area contributed by atoms with E-state index in [0.29, 0.717) is 39.0 Å². The quantitative estimate of drug-likeness (QED) is 0.465. The summed E-state index contributed by atoms with van der Waals surface area (Å²) in [6, 6.07) is 14.6. The molecule has 0 aliphatic heterocycles. The molecule has 0 aliphatic rings. The molecule has 0 saturated heterocycles. The minimum Gasteiger partial charge on any atom is -0.345 e. The smallest absolute Gasteiger partial charge is 0.258 e. The van der Waals surface area contributed by atoms with E-state index in [9.17, 15) is 9.59 Å². The molecule has 2 heterocycles. The van der Waals surface area contributed by atoms with Crippen molar-refractivity contribution in [3.63, 3.8) is 0 Å². The van der Waals surface area contributed by atoms with Gasteiger partial charge in [-0.2, -0.15) is 0 Å². The van der Waals surface area contributed by atoms with E-state index >= 15 is 0 Å². The molecule has 0 fully saturated rings. The summed E-state index contributed by atoms with van der Waals surface area (Å²) < 4.78 is 1.82. The van der Waals surface area contributed by atoms with Crippen LogP contribution in [-0.2, 0) is 19.3 Å². The van der Waals surface area contributed by atoms with E-state index in [-0.39, 0.29) is 18.0 Å². The van der Waals surface area contributed by atoms with Gasteiger partial charge in [-0.1, -0.05) is 41.6 Å². The van der Waals surface area contributed by atoms with Gasteiger partial charge in [-0.05, 0) is 31.2 Å². The van der Waals surface area contributed by atoms with Crippen LogP contribution in [0.25, 0.3) is 10.9 Å². The second kappa shape index (κ2) is 8.50. The summed E-state index contributed by atoms with van der Waals surface area (Å²) in [5.74, 6) is 1.50. The molecule has 0 aliphatic carbocycles. The molecule has 1 amide bonds. The number of carbonyl (C=O) groups excluding carboxylic acids is 1. The number of nitrogens with one attached hydrogen (secondary N) is 2. The third-order valence-corrected chi connectivity index (χ3v) is 5.64. The number of benzene rings is 2. The Morgan fingerprint density at radius 1 is 1.17 bits per heavy atom. The van der Waals surface area contributed by atoms with Crippen molar-refractivity contribution in [1.29, 1.82) is 0 Å². The van der Waals surface area contributed by atoms with E-state index in [1.165, 1.54) is 11.8 Å². The topological polar surface area (TPSA) is 106 Å². The van der Waals surface area contributed by atoms with Crippen LogP contribution < -0.4 is 10.9 Å². The van der Waals surface area contributed by atoms with Crippen LogP contribution in [0.3, 0.4) is 0 Å². The molecule has 0 spiro atoms. The van der Waals surface area contributed by atoms with Crippen LogP contribution in [0.1, 0.15) is 27.6 Å². The molecule has 0 atom stereocenters. The third-order valence-electron chi connectivity index (χ3n) is 4.61. The van der Waals surface area contributed by atoms with Crippen LogP contribution in [0.4, 0.5) is 0 Å². The van der Waals surface area contributed by atoms with Gasteiger partial charge < -0.3 is 14.9 Å². The maximum absolute atomic E-state index is 12.3. The number of H-pyrrole nitrogens is 1. The maximum Gasteiger partial charge on any atom is 0.258 e. The minimum atomic E-state index is -0.159. The molecule has 2 aromatic heterocycles. The lowest BCUT2D eigenvalue weighted by Gasteiger charge is -2.07. The molecule has 152 valence electrons. The Morgan fingerprint density at radius 2 is 2.00 bits per heavy atom. The number of aromatic amines is 1. The molecule has 0 saturated carbocycles. The summed E-state index contributed by atoms with van der Waals surface area (Å²) in [5, 5.41) is 12.5. The van der Waals surface area contributed by atoms with Gasteiger partial charge in [0.2, 0.25) is 0 Å². The van der Waals surface area contributed by atoms with Crippen molar-refractivity contribution < 1.29 is 4.79 Å². The summed E-state index contributed by atoms with van der Waals surface area (Å²) in [5.41, 5.74) is 2.14. The molecule has 8 nitrogen and oxygen atoms in total. The number of aromatic nitrogens is 5. The van der Waals surface area contributed by atoms with Crippen molar-refractivity contribution in [2.75, 3.05) is 0 Å². The van der Waals surface area contributed by atoms with Gasteiger partial charge in [0.15, 0.2) is 11.0 Å². The minimum absolute atomic E-state index is 0.158. The van der Waals surface area contributed by atoms with Crippen LogP contribution >= 0.6 is 11.8 Å². The Morgan fingerprint density at radius 3 is 2.83 bits per heavy atom. The molecular formula is C21H20N6O2S. The first-order valence-corrected chi connectivity index (χ1v) is 10.3. The highest BCUT2D eigenvalue weighted by molar-refractivity contribution is 7.98. The summed E-state index contributed by atoms with van der Waals surface area (Å²) in [7, 11) is 1.84. The fourth-order valence-corrected chi connectivity index (χ4v) is 3.81. The second-order valence-electron chi connectivity index (χ2n) is 6.83. The van der Waals surface area contributed by atoms with Gasteiger partial charge >= 0.3 is 0 Å². The molecule has 0 radical (unpaired) electrons. The van der Waals surface area contributed by atoms with Crippen LogP contribution in [0.15, 0.2) is 58.5 Å². The predicted octanol–water partition coefficient (Wildman–Crippen LogP) is 2.58. The van der Waals surface area contributed by atoms with E-state index in [4.69, 9.17) is 0 Å². The fourth-order valence-electron chi connectivity index (χ4n) is 3.01. The van der Waals surface area contributed by atoms with Crippen molar-refractivity contribution in [3.05, 3.63) is 81.7 Å². The summed E-state index contributed by atoms with van der Waals surface area (Å²) in [6.45, 7) is 2.21. The van der Waals surface area contributed by atoms with Gasteiger partial charge in [-0.15, -0.1) is 10.2 Å². The number of amides is 1. The largest absolute Gasteiger partial charge is 0.345 e. The SMILES string of the molecule is Cc1cccc(C(=O)NCc2nnc(SCc3nc4ccccc4c(=O)[nH]3)n2C)c1. The number of rotatable bonds is 6. The van der Waals surface area contributed by atoms with E-state index in [1.807, 2.05) is 54.9 Å². The highest BCUT2D eigenvalue weighted by Gasteiger charge is 2.13. The lowest BCUT2D eigenvalue weighted by atomic mass is 10.1. The zero-order valence-electron chi connectivity index (χ0n) is 16.5. The zero-order chi connectivity index (χ0) is 21.1.